The first-order valence-electron chi connectivity index (χ1n) is 14.5. The molecule has 220 valence electrons. The van der Waals surface area contributed by atoms with Crippen LogP contribution in [0.15, 0.2) is 24.3 Å². The summed E-state index contributed by atoms with van der Waals surface area (Å²) in [5.41, 5.74) is 0.996. The molecule has 1 unspecified atom stereocenters. The molecule has 2 rings (SSSR count). The first-order valence-corrected chi connectivity index (χ1v) is 14.5. The molecule has 6 nitrogen and oxygen atoms in total. The quantitative estimate of drug-likeness (QED) is 0.248. The van der Waals surface area contributed by atoms with Crippen LogP contribution < -0.4 is 0 Å². The number of nitrogens with zero attached hydrogens (tertiary/aromatic N) is 2. The van der Waals surface area contributed by atoms with Gasteiger partial charge in [0.15, 0.2) is 0 Å². The number of hydrogen-bond donors (Lipinski definition) is 0. The van der Waals surface area contributed by atoms with Crippen molar-refractivity contribution >= 4 is 11.9 Å². The Kier molecular flexibility index (Phi) is 11.9. The van der Waals surface area contributed by atoms with E-state index in [1.54, 1.807) is 13.8 Å². The Morgan fingerprint density at radius 1 is 0.842 bits per heavy atom. The van der Waals surface area contributed by atoms with Gasteiger partial charge in [0.1, 0.15) is 12.2 Å². The molecule has 0 aromatic carbocycles. The molecule has 2 aliphatic heterocycles. The van der Waals surface area contributed by atoms with E-state index in [-0.39, 0.29) is 46.2 Å². The van der Waals surface area contributed by atoms with Gasteiger partial charge in [0.05, 0.1) is 0 Å². The van der Waals surface area contributed by atoms with Gasteiger partial charge in [-0.2, -0.15) is 0 Å². The van der Waals surface area contributed by atoms with Gasteiger partial charge in [0, 0.05) is 52.6 Å². The van der Waals surface area contributed by atoms with Crippen molar-refractivity contribution in [2.45, 2.75) is 144 Å². The number of piperidine rings is 2. The van der Waals surface area contributed by atoms with Crippen LogP contribution in [-0.2, 0) is 19.1 Å². The van der Waals surface area contributed by atoms with Crippen molar-refractivity contribution < 1.29 is 19.1 Å². The molecule has 6 heteroatoms. The second-order valence-corrected chi connectivity index (χ2v) is 13.7. The highest BCUT2D eigenvalue weighted by Gasteiger charge is 2.51. The molecule has 0 spiro atoms. The topological polar surface area (TPSA) is 59.1 Å². The lowest BCUT2D eigenvalue weighted by molar-refractivity contribution is -0.169. The largest absolute Gasteiger partial charge is 0.459 e. The van der Waals surface area contributed by atoms with Gasteiger partial charge in [-0.1, -0.05) is 47.3 Å². The van der Waals surface area contributed by atoms with Crippen molar-refractivity contribution in [3.8, 4) is 0 Å². The highest BCUT2D eigenvalue weighted by molar-refractivity contribution is 5.87. The predicted octanol–water partition coefficient (Wildman–Crippen LogP) is 6.93. The molecule has 2 heterocycles. The molecule has 0 saturated carbocycles. The summed E-state index contributed by atoms with van der Waals surface area (Å²) in [7, 11) is 0. The number of rotatable bonds is 8. The van der Waals surface area contributed by atoms with Crippen LogP contribution in [0.4, 0.5) is 0 Å². The van der Waals surface area contributed by atoms with Gasteiger partial charge in [-0.25, -0.2) is 9.59 Å². The molecule has 0 aromatic heterocycles. The SMILES string of the molecule is C=C(C)C(=O)OC1CC(C)(C)N(CCCC)C(C)(C)C1.C=C(C)C(=O)OC1CCN(CC)C(C)(C)C1(C)C. The summed E-state index contributed by atoms with van der Waals surface area (Å²) in [5.74, 6) is -0.530. The van der Waals surface area contributed by atoms with Crippen LogP contribution >= 0.6 is 0 Å². The van der Waals surface area contributed by atoms with Crippen molar-refractivity contribution in [2.24, 2.45) is 5.41 Å². The first kappa shape index (κ1) is 34.4. The molecule has 2 aliphatic rings. The van der Waals surface area contributed by atoms with Gasteiger partial charge in [-0.05, 0) is 81.3 Å². The Labute approximate surface area is 234 Å². The van der Waals surface area contributed by atoms with E-state index >= 15 is 0 Å². The second kappa shape index (κ2) is 13.1. The average Bonchev–Trinajstić information content (AvgIpc) is 2.76. The maximum atomic E-state index is 11.8. The summed E-state index contributed by atoms with van der Waals surface area (Å²) >= 11 is 0. The number of likely N-dealkylation sites (tertiary alicyclic amines) is 2. The van der Waals surface area contributed by atoms with Crippen molar-refractivity contribution in [3.05, 3.63) is 24.3 Å². The zero-order valence-electron chi connectivity index (χ0n) is 26.8. The second-order valence-electron chi connectivity index (χ2n) is 13.7. The Bertz CT molecular complexity index is 838. The standard InChI is InChI=1S/C17H31NO2.C15H27NO2/c1-8-9-10-18-16(4,5)11-14(12-17(18,6)7)20-15(19)13(2)3;1-8-16-10-9-12(18-13(17)11(2)3)14(4,5)15(16,6)7/h14H,2,8-12H2,1,3-7H3;12H,2,8-10H2,1,3-7H3. The van der Waals surface area contributed by atoms with Crippen molar-refractivity contribution in [2.75, 3.05) is 19.6 Å². The predicted molar refractivity (Wildman–Crippen MR) is 158 cm³/mol. The van der Waals surface area contributed by atoms with E-state index in [1.165, 1.54) is 12.8 Å². The summed E-state index contributed by atoms with van der Waals surface area (Å²) < 4.78 is 11.2. The molecule has 2 saturated heterocycles. The van der Waals surface area contributed by atoms with E-state index in [9.17, 15) is 9.59 Å². The molecule has 1 atom stereocenters. The molecular formula is C32H58N2O4. The van der Waals surface area contributed by atoms with E-state index < -0.39 is 0 Å². The van der Waals surface area contributed by atoms with Gasteiger partial charge in [-0.3, -0.25) is 9.80 Å². The average molecular weight is 535 g/mol. The Balaban J connectivity index is 0.000000382. The Hall–Kier alpha value is -1.66. The van der Waals surface area contributed by atoms with Gasteiger partial charge >= 0.3 is 11.9 Å². The lowest BCUT2D eigenvalue weighted by Crippen LogP contribution is -2.63. The highest BCUT2D eigenvalue weighted by Crippen LogP contribution is 2.45. The minimum Gasteiger partial charge on any atom is -0.459 e. The third-order valence-corrected chi connectivity index (χ3v) is 9.09. The zero-order chi connectivity index (χ0) is 29.7. The third kappa shape index (κ3) is 8.17. The maximum absolute atomic E-state index is 11.8. The van der Waals surface area contributed by atoms with Gasteiger partial charge in [0.2, 0.25) is 0 Å². The molecule has 0 aromatic rings. The number of carbonyl (C=O) groups excluding carboxylic acids is 2. The van der Waals surface area contributed by atoms with Crippen LogP contribution in [-0.4, -0.2) is 70.2 Å². The van der Waals surface area contributed by atoms with E-state index in [1.807, 2.05) is 0 Å². The molecule has 0 bridgehead atoms. The van der Waals surface area contributed by atoms with Crippen LogP contribution in [0.3, 0.4) is 0 Å². The van der Waals surface area contributed by atoms with Crippen LogP contribution in [0.25, 0.3) is 0 Å². The zero-order valence-corrected chi connectivity index (χ0v) is 26.8. The summed E-state index contributed by atoms with van der Waals surface area (Å²) in [6.07, 6.45) is 5.03. The summed E-state index contributed by atoms with van der Waals surface area (Å²) in [6, 6.07) is 0. The molecule has 0 amide bonds. The minimum atomic E-state index is -0.270. The fourth-order valence-electron chi connectivity index (χ4n) is 6.19. The third-order valence-electron chi connectivity index (χ3n) is 9.09. The van der Waals surface area contributed by atoms with E-state index in [0.717, 1.165) is 38.9 Å². The normalized spacial score (nSPS) is 24.5. The Morgan fingerprint density at radius 2 is 1.32 bits per heavy atom. The Morgan fingerprint density at radius 3 is 1.74 bits per heavy atom. The van der Waals surface area contributed by atoms with Crippen LogP contribution in [0, 0.1) is 5.41 Å². The van der Waals surface area contributed by atoms with E-state index in [2.05, 4.69) is 92.2 Å². The summed E-state index contributed by atoms with van der Waals surface area (Å²) in [6.45, 7) is 36.1. The van der Waals surface area contributed by atoms with Gasteiger partial charge in [-0.15, -0.1) is 0 Å². The van der Waals surface area contributed by atoms with Gasteiger partial charge in [0.25, 0.3) is 0 Å². The van der Waals surface area contributed by atoms with Crippen LogP contribution in [0.2, 0.25) is 0 Å². The molecule has 0 N–H and O–H groups in total. The van der Waals surface area contributed by atoms with Crippen molar-refractivity contribution in [3.63, 3.8) is 0 Å². The molecule has 2 fully saturated rings. The number of esters is 2. The van der Waals surface area contributed by atoms with E-state index in [0.29, 0.717) is 11.1 Å². The molecular weight excluding hydrogens is 476 g/mol. The smallest absolute Gasteiger partial charge is 0.333 e. The van der Waals surface area contributed by atoms with Crippen molar-refractivity contribution in [1.82, 2.24) is 9.80 Å². The number of carbonyl (C=O) groups is 2. The maximum Gasteiger partial charge on any atom is 0.333 e. The molecule has 38 heavy (non-hydrogen) atoms. The van der Waals surface area contributed by atoms with Crippen LogP contribution in [0.5, 0.6) is 0 Å². The number of hydrogen-bond acceptors (Lipinski definition) is 6. The number of unbranched alkanes of at least 4 members (excludes halogenated alkanes) is 1. The summed E-state index contributed by atoms with van der Waals surface area (Å²) in [5, 5.41) is 0. The lowest BCUT2D eigenvalue weighted by Gasteiger charge is -2.56. The minimum absolute atomic E-state index is 0.0120. The fourth-order valence-corrected chi connectivity index (χ4v) is 6.19. The van der Waals surface area contributed by atoms with Crippen molar-refractivity contribution in [1.29, 1.82) is 0 Å². The monoisotopic (exact) mass is 534 g/mol. The fraction of sp³-hybridized carbons (Fsp3) is 0.812. The lowest BCUT2D eigenvalue weighted by atomic mass is 9.66. The van der Waals surface area contributed by atoms with E-state index in [4.69, 9.17) is 9.47 Å². The van der Waals surface area contributed by atoms with Crippen LogP contribution in [0.1, 0.15) is 115 Å². The highest BCUT2D eigenvalue weighted by atomic mass is 16.5. The first-order chi connectivity index (χ1) is 17.2. The van der Waals surface area contributed by atoms with Gasteiger partial charge < -0.3 is 9.47 Å². The number of ether oxygens (including phenoxy) is 2. The summed E-state index contributed by atoms with van der Waals surface area (Å²) in [4.78, 5) is 28.5. The molecule has 0 aliphatic carbocycles. The molecule has 0 radical (unpaired) electrons.